The first kappa shape index (κ1) is 28.5. The Labute approximate surface area is 212 Å². The summed E-state index contributed by atoms with van der Waals surface area (Å²) in [5.74, 6) is -1.22. The molecule has 0 radical (unpaired) electrons. The van der Waals surface area contributed by atoms with Crippen LogP contribution in [0.1, 0.15) is 26.5 Å². The molecule has 2 heterocycles. The quantitative estimate of drug-likeness (QED) is 0.116. The van der Waals surface area contributed by atoms with Gasteiger partial charge in [0.25, 0.3) is 5.91 Å². The number of halogens is 1. The number of alkyl halides is 1. The maximum atomic E-state index is 13.1. The van der Waals surface area contributed by atoms with Crippen molar-refractivity contribution in [3.05, 3.63) is 11.1 Å². The molecule has 190 valence electrons. The minimum Gasteiger partial charge on any atom is -0.395 e. The molecule has 0 spiro atoms. The van der Waals surface area contributed by atoms with Crippen molar-refractivity contribution < 1.29 is 19.2 Å². The van der Waals surface area contributed by atoms with Gasteiger partial charge in [0.1, 0.15) is 24.2 Å². The number of carbonyl (C=O) groups is 3. The van der Waals surface area contributed by atoms with Gasteiger partial charge >= 0.3 is 0 Å². The number of β-lactam (4-membered cyclic amide) rings is 1. The predicted octanol–water partition coefficient (Wildman–Crippen LogP) is 3.71. The van der Waals surface area contributed by atoms with Crippen molar-refractivity contribution in [3.63, 3.8) is 0 Å². The van der Waals surface area contributed by atoms with E-state index in [0.29, 0.717) is 18.3 Å². The Balaban J connectivity index is 2.15. The molecule has 1 atom stereocenters. The maximum Gasteiger partial charge on any atom is 0.276 e. The summed E-state index contributed by atoms with van der Waals surface area (Å²) in [7, 11) is -3.35. The standard InChI is InChI=1S/C21H36ClN5O4SSi2/c1-21(2,3)34(7,8)27-12-14(19(27)30)23-18(29)17(26-31-9-10-33(4,5)6)15-13-32-20(24-15)25-16(28)11-22/h13-14H,9-12H2,1-8H3,(H,23,29)(H,24,25,28). The number of hydrogen-bond donors (Lipinski definition) is 2. The zero-order valence-corrected chi connectivity index (χ0v) is 24.8. The van der Waals surface area contributed by atoms with Crippen LogP contribution in [0, 0.1) is 0 Å². The smallest absolute Gasteiger partial charge is 0.276 e. The number of nitrogens with one attached hydrogen (secondary N) is 2. The SMILES string of the molecule is CC(C)(C)[Si](C)(C)N1CC(NC(=O)C(=NOCC[Si](C)(C)C)c2csc(NC(=O)CCl)n2)C1=O. The molecule has 2 rings (SSSR count). The van der Waals surface area contributed by atoms with Crippen molar-refractivity contribution in [2.75, 3.05) is 24.3 Å². The number of rotatable bonds is 10. The van der Waals surface area contributed by atoms with Crippen molar-refractivity contribution in [3.8, 4) is 0 Å². The first-order valence-corrected chi connectivity index (χ1v) is 19.3. The van der Waals surface area contributed by atoms with Gasteiger partial charge in [-0.3, -0.25) is 14.4 Å². The van der Waals surface area contributed by atoms with E-state index in [1.165, 1.54) is 0 Å². The molecule has 1 aromatic heterocycles. The van der Waals surface area contributed by atoms with Gasteiger partial charge in [0.05, 0.1) is 0 Å². The molecule has 1 fully saturated rings. The van der Waals surface area contributed by atoms with Gasteiger partial charge in [0.15, 0.2) is 19.1 Å². The second-order valence-corrected chi connectivity index (χ2v) is 23.0. The van der Waals surface area contributed by atoms with Crippen LogP contribution in [0.5, 0.6) is 0 Å². The number of amides is 3. The lowest BCUT2D eigenvalue weighted by Gasteiger charge is -2.53. The van der Waals surface area contributed by atoms with E-state index in [1.807, 2.05) is 4.57 Å². The number of thiazole rings is 1. The van der Waals surface area contributed by atoms with Crippen molar-refractivity contribution in [2.24, 2.45) is 5.16 Å². The van der Waals surface area contributed by atoms with Crippen LogP contribution in [0.4, 0.5) is 5.13 Å². The van der Waals surface area contributed by atoms with Crippen molar-refractivity contribution >= 4 is 67.8 Å². The van der Waals surface area contributed by atoms with Gasteiger partial charge in [-0.05, 0) is 11.1 Å². The molecule has 34 heavy (non-hydrogen) atoms. The molecule has 2 N–H and O–H groups in total. The van der Waals surface area contributed by atoms with Crippen LogP contribution >= 0.6 is 22.9 Å². The average Bonchev–Trinajstić information content (AvgIpc) is 3.16. The highest BCUT2D eigenvalue weighted by Gasteiger charge is 2.51. The Morgan fingerprint density at radius 3 is 2.47 bits per heavy atom. The lowest BCUT2D eigenvalue weighted by Crippen LogP contribution is -2.73. The fraction of sp³-hybridized carbons (Fsp3) is 0.667. The normalized spacial score (nSPS) is 17.3. The van der Waals surface area contributed by atoms with E-state index < -0.39 is 34.2 Å². The first-order chi connectivity index (χ1) is 15.6. The topological polar surface area (TPSA) is 113 Å². The molecule has 13 heteroatoms. The second kappa shape index (κ2) is 10.9. The summed E-state index contributed by atoms with van der Waals surface area (Å²) >= 11 is 6.68. The number of carbonyl (C=O) groups excluding carboxylic acids is 3. The summed E-state index contributed by atoms with van der Waals surface area (Å²) < 4.78 is 1.92. The fourth-order valence-electron chi connectivity index (χ4n) is 2.93. The third-order valence-electron chi connectivity index (χ3n) is 6.17. The Kier molecular flexibility index (Phi) is 9.11. The molecule has 1 unspecified atom stereocenters. The summed E-state index contributed by atoms with van der Waals surface area (Å²) in [5.41, 5.74) is 0.227. The Bertz CT molecular complexity index is 956. The Morgan fingerprint density at radius 1 is 1.29 bits per heavy atom. The fourth-order valence-corrected chi connectivity index (χ4v) is 6.57. The number of oxime groups is 1. The van der Waals surface area contributed by atoms with Crippen molar-refractivity contribution in [2.45, 2.75) is 70.6 Å². The van der Waals surface area contributed by atoms with E-state index in [4.69, 9.17) is 16.4 Å². The maximum absolute atomic E-state index is 13.1. The molecular weight excluding hydrogens is 510 g/mol. The highest BCUT2D eigenvalue weighted by atomic mass is 35.5. The molecule has 0 bridgehead atoms. The molecule has 1 aliphatic heterocycles. The van der Waals surface area contributed by atoms with E-state index in [2.05, 4.69) is 74.3 Å². The Hall–Kier alpha value is -1.77. The molecule has 0 aliphatic carbocycles. The summed E-state index contributed by atoms with van der Waals surface area (Å²) in [6, 6.07) is 0.269. The lowest BCUT2D eigenvalue weighted by atomic mass is 10.1. The van der Waals surface area contributed by atoms with Crippen LogP contribution in [0.25, 0.3) is 0 Å². The molecule has 1 aliphatic rings. The summed E-state index contributed by atoms with van der Waals surface area (Å²) in [4.78, 5) is 47.3. The van der Waals surface area contributed by atoms with Crippen LogP contribution in [0.3, 0.4) is 0 Å². The van der Waals surface area contributed by atoms with Gasteiger partial charge in [0, 0.05) is 20.0 Å². The monoisotopic (exact) mass is 545 g/mol. The van der Waals surface area contributed by atoms with Gasteiger partial charge in [0.2, 0.25) is 11.8 Å². The average molecular weight is 546 g/mol. The largest absolute Gasteiger partial charge is 0.395 e. The van der Waals surface area contributed by atoms with Crippen molar-refractivity contribution in [1.82, 2.24) is 14.9 Å². The molecule has 9 nitrogen and oxygen atoms in total. The van der Waals surface area contributed by atoms with Crippen molar-refractivity contribution in [1.29, 1.82) is 0 Å². The molecule has 0 aromatic carbocycles. The third kappa shape index (κ3) is 7.12. The predicted molar refractivity (Wildman–Crippen MR) is 143 cm³/mol. The molecule has 1 aromatic rings. The zero-order valence-electron chi connectivity index (χ0n) is 21.2. The lowest BCUT2D eigenvalue weighted by molar-refractivity contribution is -0.140. The van der Waals surface area contributed by atoms with E-state index >= 15 is 0 Å². The first-order valence-electron chi connectivity index (χ1n) is 11.2. The van der Waals surface area contributed by atoms with E-state index in [1.54, 1.807) is 5.38 Å². The summed E-state index contributed by atoms with van der Waals surface area (Å²) in [6.07, 6.45) is 0. The molecule has 1 saturated heterocycles. The minimum absolute atomic E-state index is 0.0128. The third-order valence-corrected chi connectivity index (χ3v) is 14.3. The van der Waals surface area contributed by atoms with Gasteiger partial charge in [-0.25, -0.2) is 4.98 Å². The molecular formula is C21H36ClN5O4SSi2. The van der Waals surface area contributed by atoms with Gasteiger partial charge in [-0.2, -0.15) is 0 Å². The van der Waals surface area contributed by atoms with Crippen LogP contribution in [-0.2, 0) is 19.2 Å². The van der Waals surface area contributed by atoms with E-state index in [9.17, 15) is 14.4 Å². The van der Waals surface area contributed by atoms with Gasteiger partial charge in [-0.15, -0.1) is 22.9 Å². The number of aromatic nitrogens is 1. The van der Waals surface area contributed by atoms with Crippen LogP contribution < -0.4 is 10.6 Å². The zero-order chi connectivity index (χ0) is 25.9. The van der Waals surface area contributed by atoms with E-state index in [0.717, 1.165) is 17.4 Å². The minimum atomic E-state index is -2.01. The second-order valence-electron chi connectivity index (χ2n) is 11.1. The van der Waals surface area contributed by atoms with Crippen LogP contribution in [0.2, 0.25) is 43.8 Å². The molecule has 3 amide bonds. The summed E-state index contributed by atoms with van der Waals surface area (Å²) in [5, 5.41) is 11.3. The number of nitrogens with zero attached hydrogens (tertiary/aromatic N) is 3. The van der Waals surface area contributed by atoms with Gasteiger partial charge < -0.3 is 20.0 Å². The van der Waals surface area contributed by atoms with E-state index in [-0.39, 0.29) is 28.2 Å². The number of anilines is 1. The summed E-state index contributed by atoms with van der Waals surface area (Å²) in [6.45, 7) is 18.3. The highest BCUT2D eigenvalue weighted by molar-refractivity contribution is 7.14. The Morgan fingerprint density at radius 2 is 1.94 bits per heavy atom. The van der Waals surface area contributed by atoms with Gasteiger partial charge in [-0.1, -0.05) is 58.7 Å². The number of hydrogen-bond acceptors (Lipinski definition) is 7. The van der Waals surface area contributed by atoms with Crippen LogP contribution in [0.15, 0.2) is 10.5 Å². The van der Waals surface area contributed by atoms with Crippen LogP contribution in [-0.4, -0.2) is 74.4 Å². The molecule has 0 saturated carbocycles. The highest BCUT2D eigenvalue weighted by Crippen LogP contribution is 2.40.